The Morgan fingerprint density at radius 3 is 1.98 bits per heavy atom. The van der Waals surface area contributed by atoms with Gasteiger partial charge in [0.25, 0.3) is 11.8 Å². The summed E-state index contributed by atoms with van der Waals surface area (Å²) in [5.41, 5.74) is 2.61. The van der Waals surface area contributed by atoms with E-state index in [1.165, 1.54) is 0 Å². The summed E-state index contributed by atoms with van der Waals surface area (Å²) < 4.78 is 0. The van der Waals surface area contributed by atoms with Crippen molar-refractivity contribution in [3.05, 3.63) is 77.4 Å². The van der Waals surface area contributed by atoms with E-state index in [2.05, 4.69) is 10.6 Å². The highest BCUT2D eigenvalue weighted by atomic mass is 16.4. The lowest BCUT2D eigenvalue weighted by atomic mass is 10.0. The number of imide groups is 1. The van der Waals surface area contributed by atoms with Crippen molar-refractivity contribution in [3.8, 4) is 0 Å². The largest absolute Gasteiger partial charge is 0.480 e. The normalized spacial score (nSPS) is 14.4. The van der Waals surface area contributed by atoms with Gasteiger partial charge in [0.15, 0.2) is 0 Å². The van der Waals surface area contributed by atoms with Crippen LogP contribution in [-0.4, -0.2) is 66.4 Å². The minimum atomic E-state index is -1.15. The fourth-order valence-electron chi connectivity index (χ4n) is 4.91. The van der Waals surface area contributed by atoms with E-state index >= 15 is 0 Å². The van der Waals surface area contributed by atoms with Crippen molar-refractivity contribution >= 4 is 40.2 Å². The summed E-state index contributed by atoms with van der Waals surface area (Å²) in [6, 6.07) is 16.8. The lowest BCUT2D eigenvalue weighted by Gasteiger charge is -2.25. The Kier molecular flexibility index (Phi) is 8.84. The molecule has 0 spiro atoms. The van der Waals surface area contributed by atoms with Crippen LogP contribution in [0.25, 0.3) is 10.8 Å². The van der Waals surface area contributed by atoms with Crippen molar-refractivity contribution in [2.75, 3.05) is 25.5 Å². The molecule has 0 bridgehead atoms. The van der Waals surface area contributed by atoms with Gasteiger partial charge in [-0.1, -0.05) is 50.2 Å². The quantitative estimate of drug-likeness (QED) is 0.298. The molecule has 9 heteroatoms. The van der Waals surface area contributed by atoms with Crippen LogP contribution in [0.5, 0.6) is 0 Å². The number of carbonyl (C=O) groups excluding carboxylic acids is 3. The molecular formula is C31H36N4O5. The van der Waals surface area contributed by atoms with Gasteiger partial charge >= 0.3 is 5.97 Å². The molecule has 2 atom stereocenters. The Balaban J connectivity index is 1.41. The van der Waals surface area contributed by atoms with Gasteiger partial charge < -0.3 is 15.3 Å². The van der Waals surface area contributed by atoms with Crippen LogP contribution in [0.4, 0.5) is 5.69 Å². The van der Waals surface area contributed by atoms with Gasteiger partial charge in [0.05, 0.1) is 17.2 Å². The fraction of sp³-hybridized carbons (Fsp3) is 0.355. The van der Waals surface area contributed by atoms with Crippen LogP contribution in [0.15, 0.2) is 60.7 Å². The number of rotatable bonds is 12. The molecule has 0 saturated carbocycles. The number of amides is 3. The maximum Gasteiger partial charge on any atom is 0.320 e. The fourth-order valence-corrected chi connectivity index (χ4v) is 4.91. The molecule has 3 N–H and O–H groups in total. The third kappa shape index (κ3) is 6.48. The molecule has 4 rings (SSSR count). The number of hydrogen-bond donors (Lipinski definition) is 3. The first-order valence-electron chi connectivity index (χ1n) is 13.5. The van der Waals surface area contributed by atoms with Crippen LogP contribution in [-0.2, 0) is 16.1 Å². The van der Waals surface area contributed by atoms with E-state index < -0.39 is 29.9 Å². The first kappa shape index (κ1) is 28.8. The van der Waals surface area contributed by atoms with Crippen molar-refractivity contribution in [2.45, 2.75) is 45.3 Å². The molecule has 40 heavy (non-hydrogen) atoms. The van der Waals surface area contributed by atoms with Crippen LogP contribution in [0.3, 0.4) is 0 Å². The molecular weight excluding hydrogens is 508 g/mol. The van der Waals surface area contributed by atoms with E-state index in [0.29, 0.717) is 24.1 Å². The summed E-state index contributed by atoms with van der Waals surface area (Å²) in [6.07, 6.45) is 0.392. The van der Waals surface area contributed by atoms with Gasteiger partial charge in [-0.05, 0) is 59.4 Å². The number of carbonyl (C=O) groups is 4. The molecule has 0 fully saturated rings. The first-order valence-corrected chi connectivity index (χ1v) is 13.5. The topological polar surface area (TPSA) is 119 Å². The highest BCUT2D eigenvalue weighted by Crippen LogP contribution is 2.28. The number of aliphatic carboxylic acids is 1. The number of carboxylic acid groups (broad SMARTS) is 1. The lowest BCUT2D eigenvalue weighted by molar-refractivity contribution is -0.140. The predicted molar refractivity (Wildman–Crippen MR) is 154 cm³/mol. The van der Waals surface area contributed by atoms with E-state index in [1.807, 2.05) is 81.4 Å². The molecule has 1 aliphatic rings. The van der Waals surface area contributed by atoms with Gasteiger partial charge in [-0.25, -0.2) is 0 Å². The standard InChI is InChI=1S/C31H36N4O5/c1-19(2)15-27(28(36)32-18-20-9-11-23(12-10-20)34(3)4)33-26(31(39)40)13-14-35-29(37)24-16-21-7-5-6-8-22(21)17-25(24)30(35)38/h5-12,16-17,19,26-27,33H,13-15,18H2,1-4H3,(H,32,36)(H,39,40). The maximum absolute atomic E-state index is 13.1. The number of carboxylic acids is 1. The second kappa shape index (κ2) is 12.3. The Morgan fingerprint density at radius 1 is 0.900 bits per heavy atom. The van der Waals surface area contributed by atoms with Crippen LogP contribution in [0, 0.1) is 5.92 Å². The molecule has 1 heterocycles. The molecule has 0 aromatic heterocycles. The summed E-state index contributed by atoms with van der Waals surface area (Å²) in [5, 5.41) is 17.5. The van der Waals surface area contributed by atoms with E-state index in [4.69, 9.17) is 0 Å². The van der Waals surface area contributed by atoms with Gasteiger partial charge in [0.2, 0.25) is 5.91 Å². The number of hydrogen-bond acceptors (Lipinski definition) is 6. The molecule has 2 unspecified atom stereocenters. The monoisotopic (exact) mass is 544 g/mol. The Labute approximate surface area is 234 Å². The van der Waals surface area contributed by atoms with Gasteiger partial charge in [-0.3, -0.25) is 29.4 Å². The second-order valence-corrected chi connectivity index (χ2v) is 10.8. The number of nitrogens with one attached hydrogen (secondary N) is 2. The minimum absolute atomic E-state index is 0.0335. The number of fused-ring (bicyclic) bond motifs is 2. The minimum Gasteiger partial charge on any atom is -0.480 e. The molecule has 0 radical (unpaired) electrons. The van der Waals surface area contributed by atoms with E-state index in [0.717, 1.165) is 26.9 Å². The average molecular weight is 545 g/mol. The van der Waals surface area contributed by atoms with Gasteiger partial charge in [0, 0.05) is 32.9 Å². The summed E-state index contributed by atoms with van der Waals surface area (Å²) in [4.78, 5) is 54.5. The van der Waals surface area contributed by atoms with E-state index in [1.54, 1.807) is 12.1 Å². The van der Waals surface area contributed by atoms with Crippen molar-refractivity contribution in [2.24, 2.45) is 5.92 Å². The third-order valence-corrected chi connectivity index (χ3v) is 7.12. The molecule has 0 aliphatic carbocycles. The van der Waals surface area contributed by atoms with Crippen LogP contribution in [0.1, 0.15) is 53.0 Å². The SMILES string of the molecule is CC(C)CC(NC(CCN1C(=O)c2cc3ccccc3cc2C1=O)C(=O)O)C(=O)NCc1ccc(N(C)C)cc1. The summed E-state index contributed by atoms with van der Waals surface area (Å²) in [7, 11) is 3.90. The molecule has 210 valence electrons. The second-order valence-electron chi connectivity index (χ2n) is 10.8. The summed E-state index contributed by atoms with van der Waals surface area (Å²) in [5.74, 6) is -2.20. The molecule has 0 saturated heterocycles. The predicted octanol–water partition coefficient (Wildman–Crippen LogP) is 3.67. The first-order chi connectivity index (χ1) is 19.0. The number of benzene rings is 3. The third-order valence-electron chi connectivity index (χ3n) is 7.12. The molecule has 3 aromatic carbocycles. The van der Waals surface area contributed by atoms with Crippen molar-refractivity contribution in [3.63, 3.8) is 0 Å². The zero-order valence-corrected chi connectivity index (χ0v) is 23.3. The zero-order valence-electron chi connectivity index (χ0n) is 23.3. The number of nitrogens with zero attached hydrogens (tertiary/aromatic N) is 2. The summed E-state index contributed by atoms with van der Waals surface area (Å²) >= 11 is 0. The van der Waals surface area contributed by atoms with Crippen LogP contribution in [0.2, 0.25) is 0 Å². The van der Waals surface area contributed by atoms with Crippen molar-refractivity contribution in [1.82, 2.24) is 15.5 Å². The van der Waals surface area contributed by atoms with Gasteiger partial charge in [-0.15, -0.1) is 0 Å². The molecule has 3 amide bonds. The van der Waals surface area contributed by atoms with Crippen molar-refractivity contribution < 1.29 is 24.3 Å². The summed E-state index contributed by atoms with van der Waals surface area (Å²) in [6.45, 7) is 4.14. The Bertz CT molecular complexity index is 1360. The average Bonchev–Trinajstić information content (AvgIpc) is 3.15. The number of anilines is 1. The maximum atomic E-state index is 13.1. The Morgan fingerprint density at radius 2 is 1.48 bits per heavy atom. The lowest BCUT2D eigenvalue weighted by Crippen LogP contribution is -2.52. The smallest absolute Gasteiger partial charge is 0.320 e. The van der Waals surface area contributed by atoms with Gasteiger partial charge in [0.1, 0.15) is 6.04 Å². The zero-order chi connectivity index (χ0) is 29.0. The van der Waals surface area contributed by atoms with Gasteiger partial charge in [-0.2, -0.15) is 0 Å². The molecule has 9 nitrogen and oxygen atoms in total. The van der Waals surface area contributed by atoms with Crippen LogP contribution < -0.4 is 15.5 Å². The van der Waals surface area contributed by atoms with Crippen LogP contribution >= 0.6 is 0 Å². The highest BCUT2D eigenvalue weighted by molar-refractivity contribution is 6.23. The van der Waals surface area contributed by atoms with Crippen molar-refractivity contribution in [1.29, 1.82) is 0 Å². The molecule has 1 aliphatic heterocycles. The van der Waals surface area contributed by atoms with E-state index in [9.17, 15) is 24.3 Å². The highest BCUT2D eigenvalue weighted by Gasteiger charge is 2.37. The van der Waals surface area contributed by atoms with E-state index in [-0.39, 0.29) is 24.8 Å². The molecule has 3 aromatic rings. The Hall–Kier alpha value is -4.24.